The normalized spacial score (nSPS) is 8.84. The van der Waals surface area contributed by atoms with Crippen molar-refractivity contribution in [3.8, 4) is 0 Å². The van der Waals surface area contributed by atoms with Gasteiger partial charge in [0.05, 0.1) is 19.8 Å². The fourth-order valence-electron chi connectivity index (χ4n) is 2.46. The molecule has 0 heterocycles. The second kappa shape index (κ2) is 33.2. The second-order valence-corrected chi connectivity index (χ2v) is 7.20. The maximum absolute atomic E-state index is 11.1. The molecule has 7 nitrogen and oxygen atoms in total. The van der Waals surface area contributed by atoms with E-state index in [1.54, 1.807) is 6.92 Å². The number of ether oxygens (including phenoxy) is 1. The standard InChI is InChI=1S/C13H18O2.C9H12.2C3H6O2.C2H6O/c1-3-11-5-7-12(8-6-11)9-10-13(14)15-4-2;1-2-6-9-7-4-3-5-8-9;2*1-2-3-5-4;1-2-3/h5-8H,3-4,9-10H2,1-2H3;3-5,7-8H,2,6H2,1H3;2*2,4H,1,3H2;3H,2H2,1H3. The molecule has 3 N–H and O–H groups in total. The molecule has 0 aliphatic carbocycles. The summed E-state index contributed by atoms with van der Waals surface area (Å²) in [6.45, 7) is 15.5. The monoisotopic (exact) mass is 520 g/mol. The number of aliphatic hydroxyl groups is 1. The highest BCUT2D eigenvalue weighted by molar-refractivity contribution is 5.69. The van der Waals surface area contributed by atoms with Crippen molar-refractivity contribution < 1.29 is 34.9 Å². The van der Waals surface area contributed by atoms with E-state index in [9.17, 15) is 4.79 Å². The van der Waals surface area contributed by atoms with Gasteiger partial charge in [-0.15, -0.1) is 13.2 Å². The molecule has 0 saturated heterocycles. The van der Waals surface area contributed by atoms with E-state index < -0.39 is 0 Å². The van der Waals surface area contributed by atoms with Crippen molar-refractivity contribution in [3.63, 3.8) is 0 Å². The molecule has 0 spiro atoms. The first kappa shape index (κ1) is 38.7. The summed E-state index contributed by atoms with van der Waals surface area (Å²) in [7, 11) is 0. The lowest BCUT2D eigenvalue weighted by Gasteiger charge is -2.03. The zero-order chi connectivity index (χ0) is 28.6. The number of hydrogen-bond donors (Lipinski definition) is 3. The molecule has 0 aliphatic rings. The third kappa shape index (κ3) is 31.2. The maximum Gasteiger partial charge on any atom is 0.306 e. The Balaban J connectivity index is -0.000000446. The van der Waals surface area contributed by atoms with Crippen LogP contribution >= 0.6 is 0 Å². The molecular formula is C30H48O7. The van der Waals surface area contributed by atoms with Gasteiger partial charge in [0.25, 0.3) is 0 Å². The van der Waals surface area contributed by atoms with Crippen LogP contribution in [0.25, 0.3) is 0 Å². The Kier molecular flexibility index (Phi) is 34.7. The van der Waals surface area contributed by atoms with E-state index in [2.05, 4.69) is 91.4 Å². The molecule has 7 heteroatoms. The second-order valence-electron chi connectivity index (χ2n) is 7.20. The fraction of sp³-hybridized carbons (Fsp3) is 0.433. The summed E-state index contributed by atoms with van der Waals surface area (Å²) in [5, 5.41) is 22.6. The largest absolute Gasteiger partial charge is 0.466 e. The quantitative estimate of drug-likeness (QED) is 0.131. The summed E-state index contributed by atoms with van der Waals surface area (Å²) in [5.41, 5.74) is 3.97. The first-order valence-electron chi connectivity index (χ1n) is 12.6. The van der Waals surface area contributed by atoms with Gasteiger partial charge in [0.1, 0.15) is 0 Å². The van der Waals surface area contributed by atoms with Crippen molar-refractivity contribution in [2.75, 3.05) is 26.4 Å². The van der Waals surface area contributed by atoms with Crippen LogP contribution in [0.3, 0.4) is 0 Å². The molecule has 0 aliphatic heterocycles. The van der Waals surface area contributed by atoms with Gasteiger partial charge in [0.15, 0.2) is 0 Å². The van der Waals surface area contributed by atoms with Gasteiger partial charge < -0.3 is 9.84 Å². The van der Waals surface area contributed by atoms with Crippen molar-refractivity contribution >= 4 is 5.97 Å². The highest BCUT2D eigenvalue weighted by Gasteiger charge is 2.02. The van der Waals surface area contributed by atoms with Crippen LogP contribution in [0.4, 0.5) is 0 Å². The van der Waals surface area contributed by atoms with Crippen LogP contribution in [-0.2, 0) is 38.6 Å². The van der Waals surface area contributed by atoms with Crippen molar-refractivity contribution in [1.82, 2.24) is 0 Å². The molecule has 0 amide bonds. The van der Waals surface area contributed by atoms with Crippen molar-refractivity contribution in [2.45, 2.75) is 59.8 Å². The van der Waals surface area contributed by atoms with E-state index in [1.807, 2.05) is 6.92 Å². The van der Waals surface area contributed by atoms with E-state index in [0.29, 0.717) is 13.0 Å². The lowest BCUT2D eigenvalue weighted by atomic mass is 10.1. The Labute approximate surface area is 223 Å². The van der Waals surface area contributed by atoms with Crippen molar-refractivity contribution in [3.05, 3.63) is 96.6 Å². The Morgan fingerprint density at radius 1 is 0.784 bits per heavy atom. The Morgan fingerprint density at radius 2 is 1.24 bits per heavy atom. The highest BCUT2D eigenvalue weighted by Crippen LogP contribution is 2.07. The number of carbonyl (C=O) groups excluding carboxylic acids is 1. The lowest BCUT2D eigenvalue weighted by molar-refractivity contribution is -0.231. The molecule has 0 aromatic heterocycles. The fourth-order valence-corrected chi connectivity index (χ4v) is 2.46. The van der Waals surface area contributed by atoms with Crippen LogP contribution in [0, 0.1) is 0 Å². The average molecular weight is 521 g/mol. The SMILES string of the molecule is C=CCOO.C=CCOO.CCCc1ccccc1.CCO.CCOC(=O)CCc1ccc(CC)cc1. The topological polar surface area (TPSA) is 105 Å². The Morgan fingerprint density at radius 3 is 1.59 bits per heavy atom. The first-order valence-corrected chi connectivity index (χ1v) is 12.6. The summed E-state index contributed by atoms with van der Waals surface area (Å²) < 4.78 is 4.87. The van der Waals surface area contributed by atoms with Crippen LogP contribution in [0.5, 0.6) is 0 Å². The molecule has 0 radical (unpaired) electrons. The Hall–Kier alpha value is -2.81. The molecule has 2 aromatic carbocycles. The zero-order valence-corrected chi connectivity index (χ0v) is 23.1. The zero-order valence-electron chi connectivity index (χ0n) is 23.1. The molecule has 210 valence electrons. The molecule has 0 unspecified atom stereocenters. The van der Waals surface area contributed by atoms with E-state index in [1.165, 1.54) is 41.7 Å². The highest BCUT2D eigenvalue weighted by atomic mass is 17.1. The number of benzene rings is 2. The van der Waals surface area contributed by atoms with E-state index >= 15 is 0 Å². The number of carbonyl (C=O) groups is 1. The van der Waals surface area contributed by atoms with Gasteiger partial charge in [-0.2, -0.15) is 0 Å². The first-order chi connectivity index (χ1) is 17.9. The molecule has 37 heavy (non-hydrogen) atoms. The van der Waals surface area contributed by atoms with Crippen LogP contribution in [0.2, 0.25) is 0 Å². The molecule has 0 saturated carbocycles. The van der Waals surface area contributed by atoms with E-state index in [0.717, 1.165) is 12.8 Å². The number of rotatable bonds is 11. The molecule has 2 aromatic rings. The third-order valence-electron chi connectivity index (χ3n) is 4.12. The summed E-state index contributed by atoms with van der Waals surface area (Å²) in [6, 6.07) is 19.0. The van der Waals surface area contributed by atoms with Crippen LogP contribution in [0.1, 0.15) is 57.2 Å². The number of esters is 1. The Bertz CT molecular complexity index is 721. The van der Waals surface area contributed by atoms with Crippen LogP contribution in [0.15, 0.2) is 79.9 Å². The summed E-state index contributed by atoms with van der Waals surface area (Å²) >= 11 is 0. The van der Waals surface area contributed by atoms with E-state index in [-0.39, 0.29) is 25.8 Å². The predicted octanol–water partition coefficient (Wildman–Crippen LogP) is 6.71. The van der Waals surface area contributed by atoms with Gasteiger partial charge in [0, 0.05) is 13.0 Å². The summed E-state index contributed by atoms with van der Waals surface area (Å²) in [5.74, 6) is -0.114. The molecule has 0 atom stereocenters. The number of aliphatic hydroxyl groups excluding tert-OH is 1. The van der Waals surface area contributed by atoms with Gasteiger partial charge in [-0.1, -0.05) is 87.0 Å². The van der Waals surface area contributed by atoms with Gasteiger partial charge in [-0.25, -0.2) is 9.78 Å². The van der Waals surface area contributed by atoms with E-state index in [4.69, 9.17) is 20.4 Å². The maximum atomic E-state index is 11.1. The molecule has 0 bridgehead atoms. The molecular weight excluding hydrogens is 472 g/mol. The molecule has 2 rings (SSSR count). The van der Waals surface area contributed by atoms with Crippen molar-refractivity contribution in [2.24, 2.45) is 0 Å². The lowest BCUT2D eigenvalue weighted by Crippen LogP contribution is -2.05. The minimum Gasteiger partial charge on any atom is -0.466 e. The summed E-state index contributed by atoms with van der Waals surface area (Å²) in [4.78, 5) is 18.3. The average Bonchev–Trinajstić information content (AvgIpc) is 2.91. The third-order valence-corrected chi connectivity index (χ3v) is 4.12. The van der Waals surface area contributed by atoms with Crippen LogP contribution < -0.4 is 0 Å². The summed E-state index contributed by atoms with van der Waals surface area (Å²) in [6.07, 6.45) is 7.66. The smallest absolute Gasteiger partial charge is 0.306 e. The molecule has 0 fully saturated rings. The van der Waals surface area contributed by atoms with Crippen LogP contribution in [-0.4, -0.2) is 48.0 Å². The van der Waals surface area contributed by atoms with Gasteiger partial charge in [-0.3, -0.25) is 15.3 Å². The predicted molar refractivity (Wildman–Crippen MR) is 152 cm³/mol. The minimum absolute atomic E-state index is 0.114. The van der Waals surface area contributed by atoms with Gasteiger partial charge >= 0.3 is 5.97 Å². The van der Waals surface area contributed by atoms with Gasteiger partial charge in [-0.05, 0) is 49.8 Å². The van der Waals surface area contributed by atoms with Gasteiger partial charge in [0.2, 0.25) is 0 Å². The number of hydrogen-bond acceptors (Lipinski definition) is 7. The number of aryl methyl sites for hydroxylation is 3. The van der Waals surface area contributed by atoms with Crippen molar-refractivity contribution in [1.29, 1.82) is 0 Å². The minimum atomic E-state index is -0.114.